The Kier molecular flexibility index (Phi) is 6.11. The van der Waals surface area contributed by atoms with Gasteiger partial charge >= 0.3 is 0 Å². The molecular formula is C16H25N3O4S2. The molecule has 1 aromatic heterocycles. The van der Waals surface area contributed by atoms with Crippen molar-refractivity contribution in [1.82, 2.24) is 14.1 Å². The Hall–Kier alpha value is -1.00. The van der Waals surface area contributed by atoms with Crippen molar-refractivity contribution >= 4 is 27.3 Å². The fourth-order valence-corrected chi connectivity index (χ4v) is 5.52. The summed E-state index contributed by atoms with van der Waals surface area (Å²) in [5.74, 6) is -0.139. The zero-order chi connectivity index (χ0) is 17.9. The van der Waals surface area contributed by atoms with Gasteiger partial charge in [0.25, 0.3) is 10.0 Å². The van der Waals surface area contributed by atoms with Crippen LogP contribution in [0, 0.1) is 0 Å². The third-order valence-electron chi connectivity index (χ3n) is 4.73. The first kappa shape index (κ1) is 18.8. The van der Waals surface area contributed by atoms with Gasteiger partial charge in [-0.3, -0.25) is 9.69 Å². The summed E-state index contributed by atoms with van der Waals surface area (Å²) in [6, 6.07) is 3.26. The number of nitrogens with zero attached hydrogens (tertiary/aromatic N) is 3. The molecule has 1 atom stereocenters. The predicted octanol–water partition coefficient (Wildman–Crippen LogP) is 0.692. The van der Waals surface area contributed by atoms with Crippen LogP contribution in [0.15, 0.2) is 21.7 Å². The maximum absolute atomic E-state index is 12.5. The number of carbonyl (C=O) groups excluding carboxylic acids is 1. The van der Waals surface area contributed by atoms with Crippen LogP contribution in [0.3, 0.4) is 0 Å². The molecular weight excluding hydrogens is 362 g/mol. The monoisotopic (exact) mass is 387 g/mol. The van der Waals surface area contributed by atoms with Crippen LogP contribution in [-0.2, 0) is 19.6 Å². The van der Waals surface area contributed by atoms with E-state index in [0.717, 1.165) is 54.7 Å². The minimum atomic E-state index is -3.58. The summed E-state index contributed by atoms with van der Waals surface area (Å²) in [5.41, 5.74) is 0. The van der Waals surface area contributed by atoms with E-state index in [-0.39, 0.29) is 16.7 Å². The third-order valence-corrected chi connectivity index (χ3v) is 7.90. The largest absolute Gasteiger partial charge is 0.377 e. The lowest BCUT2D eigenvalue weighted by atomic mass is 10.2. The molecule has 0 aromatic carbocycles. The van der Waals surface area contributed by atoms with Gasteiger partial charge in [0.15, 0.2) is 0 Å². The van der Waals surface area contributed by atoms with Crippen LogP contribution in [0.5, 0.6) is 0 Å². The quantitative estimate of drug-likeness (QED) is 0.718. The van der Waals surface area contributed by atoms with Crippen molar-refractivity contribution < 1.29 is 17.9 Å². The van der Waals surface area contributed by atoms with E-state index >= 15 is 0 Å². The lowest BCUT2D eigenvalue weighted by Crippen LogP contribution is -2.52. The van der Waals surface area contributed by atoms with Crippen molar-refractivity contribution in [3.63, 3.8) is 0 Å². The number of sulfonamides is 1. The van der Waals surface area contributed by atoms with Gasteiger partial charge in [0.1, 0.15) is 4.21 Å². The van der Waals surface area contributed by atoms with Crippen molar-refractivity contribution in [2.75, 3.05) is 52.9 Å². The second-order valence-electron chi connectivity index (χ2n) is 6.51. The van der Waals surface area contributed by atoms with Crippen LogP contribution in [0.1, 0.15) is 12.8 Å². The molecule has 25 heavy (non-hydrogen) atoms. The van der Waals surface area contributed by atoms with Gasteiger partial charge in [0.05, 0.1) is 12.6 Å². The SMILES string of the molecule is CN(CC(=O)N1CCN(C[C@@H]2CCCO2)CC1)S(=O)(=O)c1cccs1. The second kappa shape index (κ2) is 8.13. The Labute approximate surface area is 153 Å². The molecule has 0 radical (unpaired) electrons. The highest BCUT2D eigenvalue weighted by Crippen LogP contribution is 2.20. The normalized spacial score (nSPS) is 22.6. The van der Waals surface area contributed by atoms with Crippen LogP contribution in [0.2, 0.25) is 0 Å². The van der Waals surface area contributed by atoms with Crippen LogP contribution >= 0.6 is 11.3 Å². The summed E-state index contributed by atoms with van der Waals surface area (Å²) in [5, 5.41) is 1.72. The summed E-state index contributed by atoms with van der Waals surface area (Å²) in [6.45, 7) is 4.56. The van der Waals surface area contributed by atoms with Crippen molar-refractivity contribution in [3.05, 3.63) is 17.5 Å². The first-order valence-electron chi connectivity index (χ1n) is 8.58. The van der Waals surface area contributed by atoms with E-state index in [2.05, 4.69) is 4.90 Å². The van der Waals surface area contributed by atoms with E-state index < -0.39 is 10.0 Å². The molecule has 0 aliphatic carbocycles. The third kappa shape index (κ3) is 4.59. The molecule has 2 aliphatic rings. The van der Waals surface area contributed by atoms with Gasteiger partial charge in [-0.05, 0) is 24.3 Å². The number of thiophene rings is 1. The Morgan fingerprint density at radius 1 is 1.36 bits per heavy atom. The number of rotatable bonds is 6. The van der Waals surface area contributed by atoms with E-state index in [1.54, 1.807) is 22.4 Å². The molecule has 1 aromatic rings. The summed E-state index contributed by atoms with van der Waals surface area (Å²) >= 11 is 1.16. The van der Waals surface area contributed by atoms with Crippen molar-refractivity contribution in [2.45, 2.75) is 23.2 Å². The van der Waals surface area contributed by atoms with Crippen LogP contribution in [-0.4, -0.2) is 87.5 Å². The molecule has 0 N–H and O–H groups in total. The van der Waals surface area contributed by atoms with Crippen molar-refractivity contribution in [3.8, 4) is 0 Å². The minimum Gasteiger partial charge on any atom is -0.377 e. The van der Waals surface area contributed by atoms with E-state index in [0.29, 0.717) is 19.2 Å². The zero-order valence-electron chi connectivity index (χ0n) is 14.5. The van der Waals surface area contributed by atoms with Crippen LogP contribution < -0.4 is 0 Å². The minimum absolute atomic E-state index is 0.119. The first-order chi connectivity index (χ1) is 12.0. The number of piperazine rings is 1. The Morgan fingerprint density at radius 3 is 2.72 bits per heavy atom. The highest BCUT2D eigenvalue weighted by Gasteiger charge is 2.28. The molecule has 0 saturated carbocycles. The number of hydrogen-bond donors (Lipinski definition) is 0. The molecule has 2 fully saturated rings. The molecule has 0 spiro atoms. The number of amides is 1. The average molecular weight is 388 g/mol. The number of likely N-dealkylation sites (N-methyl/N-ethyl adjacent to an activating group) is 1. The highest BCUT2D eigenvalue weighted by molar-refractivity contribution is 7.91. The summed E-state index contributed by atoms with van der Waals surface area (Å²) in [7, 11) is -2.12. The summed E-state index contributed by atoms with van der Waals surface area (Å²) in [6.07, 6.45) is 2.57. The molecule has 3 heterocycles. The molecule has 3 rings (SSSR count). The average Bonchev–Trinajstić information content (AvgIpc) is 3.29. The van der Waals surface area contributed by atoms with Gasteiger partial charge in [0, 0.05) is 46.4 Å². The topological polar surface area (TPSA) is 70.2 Å². The van der Waals surface area contributed by atoms with Crippen molar-refractivity contribution in [1.29, 1.82) is 0 Å². The Bertz CT molecular complexity index is 664. The second-order valence-corrected chi connectivity index (χ2v) is 9.73. The van der Waals surface area contributed by atoms with Crippen LogP contribution in [0.4, 0.5) is 0 Å². The fourth-order valence-electron chi connectivity index (χ4n) is 3.20. The highest BCUT2D eigenvalue weighted by atomic mass is 32.2. The van der Waals surface area contributed by atoms with Gasteiger partial charge in [-0.1, -0.05) is 6.07 Å². The number of carbonyl (C=O) groups is 1. The standard InChI is InChI=1S/C16H25N3O4S2/c1-17(25(21,22)16-5-3-11-24-16)13-15(20)19-8-6-18(7-9-19)12-14-4-2-10-23-14/h3,5,11,14H,2,4,6-10,12-13H2,1H3/t14-/m0/s1. The Morgan fingerprint density at radius 2 is 2.12 bits per heavy atom. The summed E-state index contributed by atoms with van der Waals surface area (Å²) in [4.78, 5) is 16.5. The maximum atomic E-state index is 12.5. The number of ether oxygens (including phenoxy) is 1. The smallest absolute Gasteiger partial charge is 0.252 e. The lowest BCUT2D eigenvalue weighted by molar-refractivity contribution is -0.133. The van der Waals surface area contributed by atoms with E-state index in [4.69, 9.17) is 4.74 Å². The molecule has 9 heteroatoms. The predicted molar refractivity (Wildman–Crippen MR) is 96.1 cm³/mol. The fraction of sp³-hybridized carbons (Fsp3) is 0.688. The zero-order valence-corrected chi connectivity index (χ0v) is 16.1. The van der Waals surface area contributed by atoms with Gasteiger partial charge in [-0.15, -0.1) is 11.3 Å². The Balaban J connectivity index is 1.47. The lowest BCUT2D eigenvalue weighted by Gasteiger charge is -2.36. The molecule has 1 amide bonds. The summed E-state index contributed by atoms with van der Waals surface area (Å²) < 4.78 is 31.9. The van der Waals surface area contributed by atoms with Crippen LogP contribution in [0.25, 0.3) is 0 Å². The van der Waals surface area contributed by atoms with Crippen molar-refractivity contribution in [2.24, 2.45) is 0 Å². The molecule has 7 nitrogen and oxygen atoms in total. The molecule has 140 valence electrons. The molecule has 2 aliphatic heterocycles. The first-order valence-corrected chi connectivity index (χ1v) is 10.9. The van der Waals surface area contributed by atoms with Gasteiger partial charge in [-0.2, -0.15) is 4.31 Å². The van der Waals surface area contributed by atoms with E-state index in [9.17, 15) is 13.2 Å². The van der Waals surface area contributed by atoms with Gasteiger partial charge in [0.2, 0.25) is 5.91 Å². The molecule has 0 unspecified atom stereocenters. The van der Waals surface area contributed by atoms with Gasteiger partial charge in [-0.25, -0.2) is 8.42 Å². The number of hydrogen-bond acceptors (Lipinski definition) is 6. The molecule has 2 saturated heterocycles. The van der Waals surface area contributed by atoms with Gasteiger partial charge < -0.3 is 9.64 Å². The van der Waals surface area contributed by atoms with E-state index in [1.165, 1.54) is 7.05 Å². The molecule has 0 bridgehead atoms. The van der Waals surface area contributed by atoms with E-state index in [1.807, 2.05) is 0 Å². The maximum Gasteiger partial charge on any atom is 0.252 e.